The van der Waals surface area contributed by atoms with Gasteiger partial charge in [0.15, 0.2) is 0 Å². The van der Waals surface area contributed by atoms with Gasteiger partial charge in [-0.1, -0.05) is 50.1 Å². The molecule has 1 saturated heterocycles. The fraction of sp³-hybridized carbons (Fsp3) is 0.588. The first-order chi connectivity index (χ1) is 9.49. The molecule has 1 aliphatic rings. The van der Waals surface area contributed by atoms with Crippen LogP contribution < -0.4 is 10.6 Å². The summed E-state index contributed by atoms with van der Waals surface area (Å²) in [5.74, 6) is 0.143. The number of hydrogen-bond donors (Lipinski definition) is 2. The monoisotopic (exact) mass is 310 g/mol. The Labute approximate surface area is 134 Å². The third-order valence-electron chi connectivity index (χ3n) is 4.16. The van der Waals surface area contributed by atoms with E-state index in [-0.39, 0.29) is 29.8 Å². The van der Waals surface area contributed by atoms with E-state index in [2.05, 4.69) is 55.7 Å². The van der Waals surface area contributed by atoms with Crippen molar-refractivity contribution in [1.82, 2.24) is 10.6 Å². The third kappa shape index (κ3) is 5.01. The summed E-state index contributed by atoms with van der Waals surface area (Å²) in [5.41, 5.74) is 2.48. The summed E-state index contributed by atoms with van der Waals surface area (Å²) in [7, 11) is 0. The lowest BCUT2D eigenvalue weighted by molar-refractivity contribution is -0.123. The van der Waals surface area contributed by atoms with Crippen molar-refractivity contribution in [2.24, 2.45) is 0 Å². The zero-order chi connectivity index (χ0) is 14.6. The van der Waals surface area contributed by atoms with E-state index in [0.29, 0.717) is 6.54 Å². The number of carbonyl (C=O) groups excluding carboxylic acids is 1. The average molecular weight is 311 g/mol. The number of piperidine rings is 1. The van der Waals surface area contributed by atoms with Gasteiger partial charge in [-0.15, -0.1) is 12.4 Å². The molecule has 0 radical (unpaired) electrons. The standard InChI is InChI=1S/C17H26N2O.ClH/c1-13-7-9-14(10-8-13)17(2,3)12-19-16(20)15-6-4-5-11-18-15;/h7-10,15,18H,4-6,11-12H2,1-3H3,(H,19,20);1H. The number of rotatable bonds is 4. The van der Waals surface area contributed by atoms with Crippen molar-refractivity contribution in [3.63, 3.8) is 0 Å². The molecule has 0 saturated carbocycles. The second-order valence-electron chi connectivity index (χ2n) is 6.47. The van der Waals surface area contributed by atoms with Gasteiger partial charge in [-0.25, -0.2) is 0 Å². The van der Waals surface area contributed by atoms with E-state index in [1.54, 1.807) is 0 Å². The number of carbonyl (C=O) groups is 1. The molecular weight excluding hydrogens is 284 g/mol. The summed E-state index contributed by atoms with van der Waals surface area (Å²) in [6, 6.07) is 8.56. The largest absolute Gasteiger partial charge is 0.354 e. The van der Waals surface area contributed by atoms with Crippen LogP contribution in [0.5, 0.6) is 0 Å². The van der Waals surface area contributed by atoms with Crippen molar-refractivity contribution >= 4 is 18.3 Å². The summed E-state index contributed by atoms with van der Waals surface area (Å²) in [4.78, 5) is 12.2. The van der Waals surface area contributed by atoms with Gasteiger partial charge in [0.2, 0.25) is 5.91 Å². The smallest absolute Gasteiger partial charge is 0.237 e. The minimum atomic E-state index is -0.0436. The predicted octanol–water partition coefficient (Wildman–Crippen LogP) is 2.95. The number of amides is 1. The highest BCUT2D eigenvalue weighted by Crippen LogP contribution is 2.22. The highest BCUT2D eigenvalue weighted by Gasteiger charge is 2.25. The summed E-state index contributed by atoms with van der Waals surface area (Å²) in [6.07, 6.45) is 3.28. The molecule has 1 unspecified atom stereocenters. The van der Waals surface area contributed by atoms with Crippen molar-refractivity contribution in [3.8, 4) is 0 Å². The molecule has 0 bridgehead atoms. The fourth-order valence-electron chi connectivity index (χ4n) is 2.61. The van der Waals surface area contributed by atoms with Crippen molar-refractivity contribution in [3.05, 3.63) is 35.4 Å². The first kappa shape index (κ1) is 18.0. The van der Waals surface area contributed by atoms with Gasteiger partial charge in [0, 0.05) is 12.0 Å². The van der Waals surface area contributed by atoms with Crippen LogP contribution >= 0.6 is 12.4 Å². The van der Waals surface area contributed by atoms with Crippen molar-refractivity contribution < 1.29 is 4.79 Å². The van der Waals surface area contributed by atoms with Crippen molar-refractivity contribution in [1.29, 1.82) is 0 Å². The number of hydrogen-bond acceptors (Lipinski definition) is 2. The maximum atomic E-state index is 12.2. The highest BCUT2D eigenvalue weighted by atomic mass is 35.5. The average Bonchev–Trinajstić information content (AvgIpc) is 2.46. The molecule has 118 valence electrons. The zero-order valence-electron chi connectivity index (χ0n) is 13.2. The van der Waals surface area contributed by atoms with Crippen LogP contribution in [-0.4, -0.2) is 25.0 Å². The lowest BCUT2D eigenvalue weighted by atomic mass is 9.84. The fourth-order valence-corrected chi connectivity index (χ4v) is 2.61. The maximum Gasteiger partial charge on any atom is 0.237 e. The van der Waals surface area contributed by atoms with Gasteiger partial charge >= 0.3 is 0 Å². The topological polar surface area (TPSA) is 41.1 Å². The van der Waals surface area contributed by atoms with Crippen LogP contribution in [0, 0.1) is 6.92 Å². The SMILES string of the molecule is Cc1ccc(C(C)(C)CNC(=O)C2CCCCN2)cc1.Cl. The molecule has 2 rings (SSSR count). The molecule has 0 spiro atoms. The van der Waals surface area contributed by atoms with Crippen LogP contribution in [-0.2, 0) is 10.2 Å². The first-order valence-corrected chi connectivity index (χ1v) is 7.57. The Kier molecular flexibility index (Phi) is 6.69. The molecular formula is C17H27ClN2O. The van der Waals surface area contributed by atoms with Gasteiger partial charge in [-0.3, -0.25) is 4.79 Å². The second-order valence-corrected chi connectivity index (χ2v) is 6.47. The Morgan fingerprint density at radius 1 is 1.29 bits per heavy atom. The zero-order valence-corrected chi connectivity index (χ0v) is 14.1. The van der Waals surface area contributed by atoms with E-state index in [1.807, 2.05) is 0 Å². The van der Waals surface area contributed by atoms with E-state index < -0.39 is 0 Å². The van der Waals surface area contributed by atoms with E-state index in [4.69, 9.17) is 0 Å². The molecule has 1 heterocycles. The van der Waals surface area contributed by atoms with Gasteiger partial charge in [0.05, 0.1) is 6.04 Å². The summed E-state index contributed by atoms with van der Waals surface area (Å²) < 4.78 is 0. The van der Waals surface area contributed by atoms with E-state index in [0.717, 1.165) is 19.4 Å². The second kappa shape index (κ2) is 7.81. The van der Waals surface area contributed by atoms with Crippen LogP contribution in [0.15, 0.2) is 24.3 Å². The molecule has 1 aliphatic heterocycles. The molecule has 1 aromatic carbocycles. The van der Waals surface area contributed by atoms with E-state index in [1.165, 1.54) is 17.5 Å². The van der Waals surface area contributed by atoms with Gasteiger partial charge in [0.1, 0.15) is 0 Å². The normalized spacial score (nSPS) is 18.7. The third-order valence-corrected chi connectivity index (χ3v) is 4.16. The van der Waals surface area contributed by atoms with Crippen LogP contribution in [0.25, 0.3) is 0 Å². The molecule has 1 atom stereocenters. The lowest BCUT2D eigenvalue weighted by Crippen LogP contribution is -2.49. The van der Waals surface area contributed by atoms with E-state index in [9.17, 15) is 4.79 Å². The van der Waals surface area contributed by atoms with Crippen LogP contribution in [0.2, 0.25) is 0 Å². The Morgan fingerprint density at radius 2 is 1.95 bits per heavy atom. The van der Waals surface area contributed by atoms with Crippen LogP contribution in [0.4, 0.5) is 0 Å². The molecule has 1 fully saturated rings. The lowest BCUT2D eigenvalue weighted by Gasteiger charge is -2.28. The van der Waals surface area contributed by atoms with Gasteiger partial charge in [-0.2, -0.15) is 0 Å². The molecule has 1 amide bonds. The number of benzene rings is 1. The minimum absolute atomic E-state index is 0. The Balaban J connectivity index is 0.00000220. The summed E-state index contributed by atoms with van der Waals surface area (Å²) >= 11 is 0. The molecule has 2 N–H and O–H groups in total. The molecule has 3 nitrogen and oxygen atoms in total. The molecule has 0 aromatic heterocycles. The summed E-state index contributed by atoms with van der Waals surface area (Å²) in [5, 5.41) is 6.39. The molecule has 4 heteroatoms. The summed E-state index contributed by atoms with van der Waals surface area (Å²) in [6.45, 7) is 8.07. The van der Waals surface area contributed by atoms with Gasteiger partial charge < -0.3 is 10.6 Å². The highest BCUT2D eigenvalue weighted by molar-refractivity contribution is 5.85. The minimum Gasteiger partial charge on any atom is -0.354 e. The number of nitrogens with one attached hydrogen (secondary N) is 2. The maximum absolute atomic E-state index is 12.2. The van der Waals surface area contributed by atoms with E-state index >= 15 is 0 Å². The Morgan fingerprint density at radius 3 is 2.52 bits per heavy atom. The number of halogens is 1. The molecule has 1 aromatic rings. The Hall–Kier alpha value is -1.06. The first-order valence-electron chi connectivity index (χ1n) is 7.57. The molecule has 21 heavy (non-hydrogen) atoms. The van der Waals surface area contributed by atoms with Gasteiger partial charge in [-0.05, 0) is 31.9 Å². The quantitative estimate of drug-likeness (QED) is 0.897. The predicted molar refractivity (Wildman–Crippen MR) is 90.1 cm³/mol. The van der Waals surface area contributed by atoms with Crippen molar-refractivity contribution in [2.75, 3.05) is 13.1 Å². The van der Waals surface area contributed by atoms with Crippen LogP contribution in [0.3, 0.4) is 0 Å². The number of aryl methyl sites for hydroxylation is 1. The molecule has 0 aliphatic carbocycles. The van der Waals surface area contributed by atoms with Crippen LogP contribution in [0.1, 0.15) is 44.2 Å². The Bertz CT molecular complexity index is 450. The van der Waals surface area contributed by atoms with Gasteiger partial charge in [0.25, 0.3) is 0 Å². The van der Waals surface area contributed by atoms with Crippen molar-refractivity contribution in [2.45, 2.75) is 51.5 Å².